The summed E-state index contributed by atoms with van der Waals surface area (Å²) in [6, 6.07) is 15.8. The van der Waals surface area contributed by atoms with Gasteiger partial charge in [-0.3, -0.25) is 10.1 Å². The summed E-state index contributed by atoms with van der Waals surface area (Å²) in [4.78, 5) is 28.8. The molecule has 0 aliphatic heterocycles. The molecule has 2 N–H and O–H groups in total. The maximum atomic E-state index is 13.2. The number of nitrogens with zero attached hydrogens (tertiary/aromatic N) is 2. The molecule has 0 radical (unpaired) electrons. The van der Waals surface area contributed by atoms with Crippen LogP contribution in [-0.4, -0.2) is 41.3 Å². The third-order valence-corrected chi connectivity index (χ3v) is 6.36. The van der Waals surface area contributed by atoms with Gasteiger partial charge in [0.25, 0.3) is 5.91 Å². The highest BCUT2D eigenvalue weighted by molar-refractivity contribution is 5.95. The van der Waals surface area contributed by atoms with Gasteiger partial charge in [0.1, 0.15) is 12.4 Å². The van der Waals surface area contributed by atoms with Crippen molar-refractivity contribution in [1.82, 2.24) is 15.2 Å². The van der Waals surface area contributed by atoms with Gasteiger partial charge in [0.15, 0.2) is 0 Å². The molecule has 1 saturated carbocycles. The number of benzene rings is 2. The fourth-order valence-corrected chi connectivity index (χ4v) is 4.54. The molecule has 1 aliphatic rings. The molecule has 158 valence electrons. The van der Waals surface area contributed by atoms with Crippen molar-refractivity contribution >= 4 is 23.1 Å². The van der Waals surface area contributed by atoms with E-state index in [4.69, 9.17) is 0 Å². The first-order valence-electron chi connectivity index (χ1n) is 10.7. The molecule has 0 saturated heterocycles. The molecule has 2 aromatic carbocycles. The van der Waals surface area contributed by atoms with Crippen molar-refractivity contribution in [2.24, 2.45) is 0 Å². The van der Waals surface area contributed by atoms with Crippen molar-refractivity contribution in [3.05, 3.63) is 59.8 Å². The van der Waals surface area contributed by atoms with Crippen molar-refractivity contribution in [2.75, 3.05) is 13.6 Å². The molecule has 1 heterocycles. The Bertz CT molecular complexity index is 1130. The molecule has 1 fully saturated rings. The summed E-state index contributed by atoms with van der Waals surface area (Å²) in [6.07, 6.45) is 6.98. The normalized spacial score (nSPS) is 15.0. The lowest BCUT2D eigenvalue weighted by atomic mass is 10.00. The summed E-state index contributed by atoms with van der Waals surface area (Å²) in [7, 11) is 1.85. The quantitative estimate of drug-likeness (QED) is 0.344. The zero-order valence-corrected chi connectivity index (χ0v) is 17.6. The number of amides is 1. The molecule has 6 heteroatoms. The highest BCUT2D eigenvalue weighted by Crippen LogP contribution is 2.33. The van der Waals surface area contributed by atoms with Crippen LogP contribution in [0.15, 0.2) is 48.7 Å². The number of hydrogen-bond acceptors (Lipinski definition) is 4. The van der Waals surface area contributed by atoms with Gasteiger partial charge in [0, 0.05) is 42.7 Å². The molecule has 1 aliphatic carbocycles. The number of fused-ring (bicyclic) bond motifs is 1. The van der Waals surface area contributed by atoms with Crippen LogP contribution in [-0.2, 0) is 4.79 Å². The van der Waals surface area contributed by atoms with Crippen molar-refractivity contribution in [3.63, 3.8) is 0 Å². The van der Waals surface area contributed by atoms with E-state index in [2.05, 4.69) is 16.4 Å². The lowest BCUT2D eigenvalue weighted by Crippen LogP contribution is -2.57. The van der Waals surface area contributed by atoms with E-state index in [0.717, 1.165) is 54.0 Å². The fraction of sp³-hybridized carbons (Fsp3) is 0.320. The second kappa shape index (κ2) is 8.75. The number of hydrogen-bond donors (Lipinski definition) is 2. The standard InChI is InChI=1S/C25H26N4O2/c1-29(25(11-2-3-12-25)28-13-4-14-30)24(31)19-7-5-18(6-8-19)20-9-10-23-22(15-20)21(16-26)17-27-23/h5-10,14-15,17,27-28H,2-4,11-13H2,1H3. The van der Waals surface area contributed by atoms with Gasteiger partial charge in [-0.25, -0.2) is 0 Å². The predicted octanol–water partition coefficient (Wildman–Crippen LogP) is 4.23. The average molecular weight is 415 g/mol. The summed E-state index contributed by atoms with van der Waals surface area (Å²) in [5, 5.41) is 13.6. The molecule has 1 amide bonds. The monoisotopic (exact) mass is 414 g/mol. The van der Waals surface area contributed by atoms with Gasteiger partial charge >= 0.3 is 0 Å². The van der Waals surface area contributed by atoms with E-state index in [9.17, 15) is 14.9 Å². The summed E-state index contributed by atoms with van der Waals surface area (Å²) in [5.41, 5.74) is 3.79. The Morgan fingerprint density at radius 3 is 2.58 bits per heavy atom. The van der Waals surface area contributed by atoms with E-state index in [1.54, 1.807) is 6.20 Å². The molecule has 31 heavy (non-hydrogen) atoms. The van der Waals surface area contributed by atoms with E-state index >= 15 is 0 Å². The van der Waals surface area contributed by atoms with Crippen LogP contribution in [0.25, 0.3) is 22.0 Å². The van der Waals surface area contributed by atoms with Crippen LogP contribution < -0.4 is 5.32 Å². The van der Waals surface area contributed by atoms with Crippen molar-refractivity contribution in [2.45, 2.75) is 37.8 Å². The van der Waals surface area contributed by atoms with Gasteiger partial charge in [-0.2, -0.15) is 5.26 Å². The van der Waals surface area contributed by atoms with Gasteiger partial charge < -0.3 is 14.7 Å². The Balaban J connectivity index is 1.55. The first-order valence-corrected chi connectivity index (χ1v) is 10.7. The van der Waals surface area contributed by atoms with E-state index in [1.165, 1.54) is 0 Å². The van der Waals surface area contributed by atoms with Crippen molar-refractivity contribution < 1.29 is 9.59 Å². The lowest BCUT2D eigenvalue weighted by Gasteiger charge is -2.40. The largest absolute Gasteiger partial charge is 0.360 e. The van der Waals surface area contributed by atoms with Crippen molar-refractivity contribution in [1.29, 1.82) is 5.26 Å². The molecule has 0 bridgehead atoms. The van der Waals surface area contributed by atoms with Crippen LogP contribution in [0.2, 0.25) is 0 Å². The number of carbonyl (C=O) groups excluding carboxylic acids is 2. The minimum Gasteiger partial charge on any atom is -0.360 e. The number of aromatic nitrogens is 1. The van der Waals surface area contributed by atoms with Crippen LogP contribution in [0.1, 0.15) is 48.0 Å². The Hall–Kier alpha value is -3.43. The zero-order chi connectivity index (χ0) is 21.8. The highest BCUT2D eigenvalue weighted by atomic mass is 16.2. The van der Waals surface area contributed by atoms with Crippen LogP contribution in [0, 0.1) is 11.3 Å². The number of aromatic amines is 1. The van der Waals surface area contributed by atoms with Gasteiger partial charge in [-0.05, 0) is 61.1 Å². The van der Waals surface area contributed by atoms with Crippen LogP contribution in [0.5, 0.6) is 0 Å². The number of aldehydes is 1. The third-order valence-electron chi connectivity index (χ3n) is 6.36. The molecule has 0 unspecified atom stereocenters. The number of carbonyl (C=O) groups is 2. The van der Waals surface area contributed by atoms with E-state index in [-0.39, 0.29) is 11.6 Å². The number of rotatable bonds is 7. The summed E-state index contributed by atoms with van der Waals surface area (Å²) >= 11 is 0. The van der Waals surface area contributed by atoms with E-state index in [1.807, 2.05) is 54.4 Å². The average Bonchev–Trinajstić information content (AvgIpc) is 3.45. The number of nitrogens with one attached hydrogen (secondary N) is 2. The Morgan fingerprint density at radius 2 is 1.90 bits per heavy atom. The summed E-state index contributed by atoms with van der Waals surface area (Å²) in [5.74, 6) is -0.0279. The van der Waals surface area contributed by atoms with Gasteiger partial charge in [-0.1, -0.05) is 18.2 Å². The molecular weight excluding hydrogens is 388 g/mol. The van der Waals surface area contributed by atoms with Crippen molar-refractivity contribution in [3.8, 4) is 17.2 Å². The van der Waals surface area contributed by atoms with Crippen LogP contribution in [0.4, 0.5) is 0 Å². The molecule has 6 nitrogen and oxygen atoms in total. The fourth-order valence-electron chi connectivity index (χ4n) is 4.54. The Morgan fingerprint density at radius 1 is 1.19 bits per heavy atom. The molecular formula is C25H26N4O2. The SMILES string of the molecule is CN(C(=O)c1ccc(-c2ccc3[nH]cc(C#N)c3c2)cc1)C1(NCCC=O)CCCC1. The summed E-state index contributed by atoms with van der Waals surface area (Å²) < 4.78 is 0. The number of H-pyrrole nitrogens is 1. The summed E-state index contributed by atoms with van der Waals surface area (Å²) in [6.45, 7) is 0.576. The molecule has 0 spiro atoms. The Labute approximate surface area is 181 Å². The Kier molecular flexibility index (Phi) is 5.88. The van der Waals surface area contributed by atoms with Crippen LogP contribution in [0.3, 0.4) is 0 Å². The third kappa shape index (κ3) is 3.97. The maximum absolute atomic E-state index is 13.2. The van der Waals surface area contributed by atoms with Gasteiger partial charge in [-0.15, -0.1) is 0 Å². The smallest absolute Gasteiger partial charge is 0.255 e. The topological polar surface area (TPSA) is 89.0 Å². The van der Waals surface area contributed by atoms with E-state index in [0.29, 0.717) is 24.1 Å². The van der Waals surface area contributed by atoms with Gasteiger partial charge in [0.2, 0.25) is 0 Å². The molecule has 0 atom stereocenters. The minimum absolute atomic E-state index is 0.0279. The van der Waals surface area contributed by atoms with Gasteiger partial charge in [0.05, 0.1) is 11.2 Å². The maximum Gasteiger partial charge on any atom is 0.255 e. The number of nitriles is 1. The molecule has 1 aromatic heterocycles. The lowest BCUT2D eigenvalue weighted by molar-refractivity contribution is -0.107. The highest BCUT2D eigenvalue weighted by Gasteiger charge is 2.39. The first-order chi connectivity index (χ1) is 15.1. The predicted molar refractivity (Wildman–Crippen MR) is 120 cm³/mol. The first kappa shape index (κ1) is 20.8. The second-order valence-electron chi connectivity index (χ2n) is 8.14. The van der Waals surface area contributed by atoms with Crippen LogP contribution >= 0.6 is 0 Å². The zero-order valence-electron chi connectivity index (χ0n) is 17.6. The minimum atomic E-state index is -0.383. The van der Waals surface area contributed by atoms with E-state index < -0.39 is 0 Å². The second-order valence-corrected chi connectivity index (χ2v) is 8.14. The molecule has 3 aromatic rings. The molecule has 4 rings (SSSR count).